The molecule has 4 heteroatoms. The fourth-order valence-corrected chi connectivity index (χ4v) is 3.28. The summed E-state index contributed by atoms with van der Waals surface area (Å²) in [6.07, 6.45) is 5.76. The minimum atomic E-state index is 0.522. The fraction of sp³-hybridized carbons (Fsp3) is 0.750. The summed E-state index contributed by atoms with van der Waals surface area (Å²) in [5.74, 6) is 0. The Bertz CT molecular complexity index is 344. The molecule has 16 heavy (non-hydrogen) atoms. The van der Waals surface area contributed by atoms with Crippen molar-refractivity contribution in [2.75, 3.05) is 18.0 Å². The van der Waals surface area contributed by atoms with Gasteiger partial charge in [0.1, 0.15) is 0 Å². The molecule has 0 bridgehead atoms. The number of hydrogen-bond donors (Lipinski definition) is 1. The van der Waals surface area contributed by atoms with Crippen LogP contribution in [-0.4, -0.2) is 18.1 Å². The third kappa shape index (κ3) is 2.09. The van der Waals surface area contributed by atoms with Gasteiger partial charge in [0.15, 0.2) is 5.13 Å². The maximum absolute atomic E-state index is 5.62. The van der Waals surface area contributed by atoms with Crippen molar-refractivity contribution < 1.29 is 0 Å². The average molecular weight is 239 g/mol. The number of nitrogens with two attached hydrogens (primary N) is 1. The maximum atomic E-state index is 5.62. The Morgan fingerprint density at radius 1 is 1.50 bits per heavy atom. The first-order valence-electron chi connectivity index (χ1n) is 6.13. The summed E-state index contributed by atoms with van der Waals surface area (Å²) < 4.78 is 0. The second-order valence-electron chi connectivity index (χ2n) is 4.69. The summed E-state index contributed by atoms with van der Waals surface area (Å²) in [7, 11) is 0. The standard InChI is InChI=1S/C12H21N3S/c1-3-12(4-2)5-6-15(9-12)11-14-8-10(7-13)16-11/h8H,3-7,9,13H2,1-2H3. The summed E-state index contributed by atoms with van der Waals surface area (Å²) in [5, 5.41) is 1.16. The van der Waals surface area contributed by atoms with Crippen LogP contribution in [0.3, 0.4) is 0 Å². The fourth-order valence-electron chi connectivity index (χ4n) is 2.46. The smallest absolute Gasteiger partial charge is 0.185 e. The van der Waals surface area contributed by atoms with Crippen molar-refractivity contribution >= 4 is 16.5 Å². The third-order valence-corrected chi connectivity index (χ3v) is 5.03. The second-order valence-corrected chi connectivity index (χ2v) is 5.79. The number of thiazole rings is 1. The topological polar surface area (TPSA) is 42.2 Å². The van der Waals surface area contributed by atoms with Crippen LogP contribution >= 0.6 is 11.3 Å². The molecule has 0 amide bonds. The van der Waals surface area contributed by atoms with E-state index in [2.05, 4.69) is 23.7 Å². The SMILES string of the molecule is CCC1(CC)CCN(c2ncc(CN)s2)C1. The molecular formula is C12H21N3S. The molecule has 2 heterocycles. The summed E-state index contributed by atoms with van der Waals surface area (Å²) in [4.78, 5) is 8.08. The van der Waals surface area contributed by atoms with Crippen molar-refractivity contribution in [3.05, 3.63) is 11.1 Å². The molecule has 1 fully saturated rings. The summed E-state index contributed by atoms with van der Waals surface area (Å²) >= 11 is 1.74. The molecule has 0 aliphatic carbocycles. The Labute approximate surface area is 102 Å². The second kappa shape index (κ2) is 4.72. The van der Waals surface area contributed by atoms with Crippen molar-refractivity contribution in [3.63, 3.8) is 0 Å². The van der Waals surface area contributed by atoms with Gasteiger partial charge in [0.05, 0.1) is 0 Å². The van der Waals surface area contributed by atoms with Crippen LogP contribution in [0.25, 0.3) is 0 Å². The molecular weight excluding hydrogens is 218 g/mol. The van der Waals surface area contributed by atoms with E-state index in [0.717, 1.165) is 18.2 Å². The van der Waals surface area contributed by atoms with E-state index in [-0.39, 0.29) is 0 Å². The molecule has 1 saturated heterocycles. The van der Waals surface area contributed by atoms with Gasteiger partial charge < -0.3 is 10.6 Å². The first-order valence-corrected chi connectivity index (χ1v) is 6.94. The van der Waals surface area contributed by atoms with Crippen molar-refractivity contribution in [2.45, 2.75) is 39.7 Å². The van der Waals surface area contributed by atoms with E-state index < -0.39 is 0 Å². The first kappa shape index (κ1) is 11.9. The summed E-state index contributed by atoms with van der Waals surface area (Å²) in [6.45, 7) is 7.54. The van der Waals surface area contributed by atoms with E-state index in [1.165, 1.54) is 24.1 Å². The molecule has 1 aliphatic heterocycles. The highest BCUT2D eigenvalue weighted by atomic mass is 32.1. The van der Waals surface area contributed by atoms with Crippen LogP contribution in [0.15, 0.2) is 6.20 Å². The monoisotopic (exact) mass is 239 g/mol. The molecule has 0 radical (unpaired) electrons. The van der Waals surface area contributed by atoms with Crippen LogP contribution in [0.2, 0.25) is 0 Å². The molecule has 1 aromatic rings. The van der Waals surface area contributed by atoms with Gasteiger partial charge in [0.2, 0.25) is 0 Å². The zero-order valence-corrected chi connectivity index (χ0v) is 11.0. The predicted molar refractivity (Wildman–Crippen MR) is 69.9 cm³/mol. The lowest BCUT2D eigenvalue weighted by atomic mass is 9.82. The quantitative estimate of drug-likeness (QED) is 0.878. The van der Waals surface area contributed by atoms with Crippen molar-refractivity contribution in [2.24, 2.45) is 11.1 Å². The number of anilines is 1. The van der Waals surface area contributed by atoms with Gasteiger partial charge in [-0.1, -0.05) is 13.8 Å². The Kier molecular flexibility index (Phi) is 3.50. The van der Waals surface area contributed by atoms with Crippen LogP contribution in [0.4, 0.5) is 5.13 Å². The van der Waals surface area contributed by atoms with Crippen LogP contribution in [0.1, 0.15) is 38.0 Å². The van der Waals surface area contributed by atoms with Gasteiger partial charge in [-0.25, -0.2) is 4.98 Å². The highest BCUT2D eigenvalue weighted by molar-refractivity contribution is 7.15. The number of hydrogen-bond acceptors (Lipinski definition) is 4. The first-order chi connectivity index (χ1) is 7.73. The molecule has 3 nitrogen and oxygen atoms in total. The van der Waals surface area contributed by atoms with Crippen molar-refractivity contribution in [1.82, 2.24) is 4.98 Å². The van der Waals surface area contributed by atoms with E-state index in [9.17, 15) is 0 Å². The van der Waals surface area contributed by atoms with E-state index in [0.29, 0.717) is 12.0 Å². The lowest BCUT2D eigenvalue weighted by Gasteiger charge is -2.26. The normalized spacial score (nSPS) is 19.3. The van der Waals surface area contributed by atoms with Gasteiger partial charge in [-0.2, -0.15) is 0 Å². The Morgan fingerprint density at radius 2 is 2.25 bits per heavy atom. The Morgan fingerprint density at radius 3 is 2.75 bits per heavy atom. The minimum Gasteiger partial charge on any atom is -0.348 e. The van der Waals surface area contributed by atoms with E-state index in [1.54, 1.807) is 11.3 Å². The van der Waals surface area contributed by atoms with Gasteiger partial charge in [-0.05, 0) is 24.7 Å². The zero-order valence-electron chi connectivity index (χ0n) is 10.2. The molecule has 0 saturated carbocycles. The van der Waals surface area contributed by atoms with Crippen LogP contribution < -0.4 is 10.6 Å². The van der Waals surface area contributed by atoms with Crippen LogP contribution in [0.5, 0.6) is 0 Å². The Balaban J connectivity index is 2.08. The Hall–Kier alpha value is -0.610. The third-order valence-electron chi connectivity index (χ3n) is 3.95. The minimum absolute atomic E-state index is 0.522. The summed E-state index contributed by atoms with van der Waals surface area (Å²) in [5.41, 5.74) is 6.14. The predicted octanol–water partition coefficient (Wildman–Crippen LogP) is 2.62. The van der Waals surface area contributed by atoms with Gasteiger partial charge >= 0.3 is 0 Å². The average Bonchev–Trinajstić information content (AvgIpc) is 2.96. The van der Waals surface area contributed by atoms with Gasteiger partial charge in [-0.3, -0.25) is 0 Å². The molecule has 90 valence electrons. The van der Waals surface area contributed by atoms with Gasteiger partial charge in [-0.15, -0.1) is 11.3 Å². The molecule has 2 rings (SSSR count). The zero-order chi connectivity index (χ0) is 11.6. The van der Waals surface area contributed by atoms with E-state index in [4.69, 9.17) is 5.73 Å². The highest BCUT2D eigenvalue weighted by Crippen LogP contribution is 2.39. The lowest BCUT2D eigenvalue weighted by molar-refractivity contribution is 0.301. The molecule has 0 spiro atoms. The molecule has 0 atom stereocenters. The number of rotatable bonds is 4. The van der Waals surface area contributed by atoms with Crippen LogP contribution in [-0.2, 0) is 6.54 Å². The van der Waals surface area contributed by atoms with Gasteiger partial charge in [0, 0.05) is 30.7 Å². The lowest BCUT2D eigenvalue weighted by Crippen LogP contribution is -2.25. The van der Waals surface area contributed by atoms with E-state index in [1.807, 2.05) is 6.20 Å². The molecule has 0 unspecified atom stereocenters. The largest absolute Gasteiger partial charge is 0.348 e. The highest BCUT2D eigenvalue weighted by Gasteiger charge is 2.35. The van der Waals surface area contributed by atoms with E-state index >= 15 is 0 Å². The van der Waals surface area contributed by atoms with Crippen molar-refractivity contribution in [1.29, 1.82) is 0 Å². The molecule has 0 aromatic carbocycles. The number of nitrogens with zero attached hydrogens (tertiary/aromatic N) is 2. The molecule has 1 aliphatic rings. The molecule has 2 N–H and O–H groups in total. The summed E-state index contributed by atoms with van der Waals surface area (Å²) in [6, 6.07) is 0. The van der Waals surface area contributed by atoms with Crippen LogP contribution in [0, 0.1) is 5.41 Å². The van der Waals surface area contributed by atoms with Crippen molar-refractivity contribution in [3.8, 4) is 0 Å². The van der Waals surface area contributed by atoms with Gasteiger partial charge in [0.25, 0.3) is 0 Å². The number of aromatic nitrogens is 1. The maximum Gasteiger partial charge on any atom is 0.185 e. The molecule has 1 aromatic heterocycles.